The van der Waals surface area contributed by atoms with Gasteiger partial charge in [-0.1, -0.05) is 34.1 Å². The maximum absolute atomic E-state index is 14.4. The molecule has 0 spiro atoms. The molecule has 148 valence electrons. The first kappa shape index (κ1) is 19.5. The molecule has 3 aromatic rings. The van der Waals surface area contributed by atoms with E-state index in [0.29, 0.717) is 15.7 Å². The Labute approximate surface area is 175 Å². The lowest BCUT2D eigenvalue weighted by atomic mass is 9.75. The number of amides is 2. The number of carbonyl (C=O) groups is 3. The van der Waals surface area contributed by atoms with Gasteiger partial charge in [-0.25, -0.2) is 4.39 Å². The molecule has 0 radical (unpaired) electrons. The van der Waals surface area contributed by atoms with E-state index in [1.54, 1.807) is 24.6 Å². The minimum atomic E-state index is -1.30. The molecule has 5 nitrogen and oxygen atoms in total. The van der Waals surface area contributed by atoms with Crippen LogP contribution in [-0.4, -0.2) is 34.1 Å². The molecule has 0 bridgehead atoms. The van der Waals surface area contributed by atoms with E-state index in [2.05, 4.69) is 15.9 Å². The SMILES string of the molecule is CN1C(=O)c2c(n(C)c3ccccc23)C(C)(CC(=O)c2ccc(Br)cc2F)C1=O. The molecule has 7 heteroatoms. The lowest BCUT2D eigenvalue weighted by molar-refractivity contribution is -0.133. The third kappa shape index (κ3) is 2.75. The number of carbonyl (C=O) groups excluding carboxylic acids is 3. The van der Waals surface area contributed by atoms with Crippen molar-refractivity contribution in [2.24, 2.45) is 7.05 Å². The van der Waals surface area contributed by atoms with Gasteiger partial charge in [-0.15, -0.1) is 0 Å². The highest BCUT2D eigenvalue weighted by Crippen LogP contribution is 2.42. The van der Waals surface area contributed by atoms with Gasteiger partial charge in [0.25, 0.3) is 5.91 Å². The highest BCUT2D eigenvalue weighted by atomic mass is 79.9. The number of nitrogens with zero attached hydrogens (tertiary/aromatic N) is 2. The number of hydrogen-bond donors (Lipinski definition) is 0. The Morgan fingerprint density at radius 2 is 1.83 bits per heavy atom. The number of fused-ring (bicyclic) bond motifs is 3. The van der Waals surface area contributed by atoms with Gasteiger partial charge in [-0.3, -0.25) is 19.3 Å². The average Bonchev–Trinajstić information content (AvgIpc) is 2.98. The van der Waals surface area contributed by atoms with Crippen LogP contribution in [0.3, 0.4) is 0 Å². The number of likely N-dealkylation sites (N-methyl/N-ethyl adjacent to an activating group) is 1. The van der Waals surface area contributed by atoms with E-state index in [9.17, 15) is 18.8 Å². The number of hydrogen-bond acceptors (Lipinski definition) is 3. The van der Waals surface area contributed by atoms with Crippen molar-refractivity contribution in [1.29, 1.82) is 0 Å². The van der Waals surface area contributed by atoms with Crippen molar-refractivity contribution >= 4 is 44.4 Å². The third-order valence-electron chi connectivity index (χ3n) is 5.67. The zero-order valence-electron chi connectivity index (χ0n) is 16.1. The number of rotatable bonds is 3. The molecule has 2 amide bonds. The predicted octanol–water partition coefficient (Wildman–Crippen LogP) is 4.22. The second-order valence-corrected chi connectivity index (χ2v) is 8.44. The number of imide groups is 1. The first-order chi connectivity index (χ1) is 13.7. The molecule has 1 aromatic heterocycles. The normalized spacial score (nSPS) is 19.0. The van der Waals surface area contributed by atoms with Gasteiger partial charge in [0, 0.05) is 41.6 Å². The van der Waals surface area contributed by atoms with E-state index >= 15 is 0 Å². The summed E-state index contributed by atoms with van der Waals surface area (Å²) in [6, 6.07) is 11.6. The van der Waals surface area contributed by atoms with Crippen molar-refractivity contribution in [3.05, 3.63) is 69.6 Å². The van der Waals surface area contributed by atoms with Crippen LogP contribution in [0.15, 0.2) is 46.9 Å². The largest absolute Gasteiger partial charge is 0.346 e. The summed E-state index contributed by atoms with van der Waals surface area (Å²) in [6.07, 6.45) is -0.251. The second kappa shape index (κ2) is 6.62. The number of halogens is 2. The Kier molecular flexibility index (Phi) is 4.46. The van der Waals surface area contributed by atoms with Crippen LogP contribution in [0.25, 0.3) is 10.9 Å². The van der Waals surface area contributed by atoms with Crippen LogP contribution >= 0.6 is 15.9 Å². The summed E-state index contributed by atoms with van der Waals surface area (Å²) in [5.41, 5.74) is 0.307. The Morgan fingerprint density at radius 1 is 1.14 bits per heavy atom. The van der Waals surface area contributed by atoms with Crippen LogP contribution < -0.4 is 0 Å². The summed E-state index contributed by atoms with van der Waals surface area (Å²) >= 11 is 3.18. The van der Waals surface area contributed by atoms with Crippen LogP contribution in [0.2, 0.25) is 0 Å². The van der Waals surface area contributed by atoms with Crippen molar-refractivity contribution in [2.75, 3.05) is 7.05 Å². The van der Waals surface area contributed by atoms with Crippen molar-refractivity contribution in [3.63, 3.8) is 0 Å². The first-order valence-corrected chi connectivity index (χ1v) is 9.84. The molecule has 1 aliphatic heterocycles. The van der Waals surface area contributed by atoms with Gasteiger partial charge in [0.1, 0.15) is 5.82 Å². The fourth-order valence-electron chi connectivity index (χ4n) is 4.28. The second-order valence-electron chi connectivity index (χ2n) is 7.53. The van der Waals surface area contributed by atoms with Gasteiger partial charge in [0.05, 0.1) is 16.5 Å². The number of Topliss-reactive ketones (excluding diaryl/α,β-unsaturated/α-hetero) is 1. The molecule has 1 aliphatic rings. The third-order valence-corrected chi connectivity index (χ3v) is 6.16. The summed E-state index contributed by atoms with van der Waals surface area (Å²) in [4.78, 5) is 40.2. The Morgan fingerprint density at radius 3 is 2.52 bits per heavy atom. The van der Waals surface area contributed by atoms with E-state index in [-0.39, 0.29) is 12.0 Å². The Bertz CT molecular complexity index is 1220. The highest BCUT2D eigenvalue weighted by Gasteiger charge is 2.50. The minimum absolute atomic E-state index is 0.0814. The molecule has 0 aliphatic carbocycles. The van der Waals surface area contributed by atoms with E-state index in [4.69, 9.17) is 0 Å². The molecule has 0 fully saturated rings. The molecular weight excluding hydrogens is 439 g/mol. The fraction of sp³-hybridized carbons (Fsp3) is 0.227. The Hall–Kier alpha value is -2.80. The van der Waals surface area contributed by atoms with Crippen LogP contribution in [0.5, 0.6) is 0 Å². The predicted molar refractivity (Wildman–Crippen MR) is 110 cm³/mol. The maximum atomic E-state index is 14.4. The van der Waals surface area contributed by atoms with Gasteiger partial charge < -0.3 is 4.57 Å². The fourth-order valence-corrected chi connectivity index (χ4v) is 4.61. The monoisotopic (exact) mass is 456 g/mol. The van der Waals surface area contributed by atoms with Crippen molar-refractivity contribution in [2.45, 2.75) is 18.8 Å². The van der Waals surface area contributed by atoms with Crippen molar-refractivity contribution < 1.29 is 18.8 Å². The summed E-state index contributed by atoms with van der Waals surface area (Å²) < 4.78 is 16.7. The molecule has 0 N–H and O–H groups in total. The minimum Gasteiger partial charge on any atom is -0.346 e. The lowest BCUT2D eigenvalue weighted by Gasteiger charge is -2.37. The molecule has 4 rings (SSSR count). The van der Waals surface area contributed by atoms with Crippen LogP contribution in [-0.2, 0) is 17.3 Å². The molecule has 29 heavy (non-hydrogen) atoms. The average molecular weight is 457 g/mol. The molecule has 0 saturated carbocycles. The van der Waals surface area contributed by atoms with Crippen molar-refractivity contribution in [3.8, 4) is 0 Å². The quantitative estimate of drug-likeness (QED) is 0.437. The summed E-state index contributed by atoms with van der Waals surface area (Å²) in [5.74, 6) is -2.03. The molecular formula is C22H18BrFN2O3. The summed E-state index contributed by atoms with van der Waals surface area (Å²) in [5, 5.41) is 0.725. The number of aryl methyl sites for hydroxylation is 1. The van der Waals surface area contributed by atoms with E-state index in [0.717, 1.165) is 15.8 Å². The molecule has 1 atom stereocenters. The number of para-hydroxylation sites is 1. The summed E-state index contributed by atoms with van der Waals surface area (Å²) in [6.45, 7) is 1.64. The molecule has 2 aromatic carbocycles. The zero-order chi connectivity index (χ0) is 21.1. The highest BCUT2D eigenvalue weighted by molar-refractivity contribution is 9.10. The Balaban J connectivity index is 1.91. The first-order valence-electron chi connectivity index (χ1n) is 9.05. The van der Waals surface area contributed by atoms with Crippen LogP contribution in [0, 0.1) is 5.82 Å². The molecule has 2 heterocycles. The van der Waals surface area contributed by atoms with Crippen LogP contribution in [0.4, 0.5) is 4.39 Å². The van der Waals surface area contributed by atoms with Crippen molar-refractivity contribution in [1.82, 2.24) is 9.47 Å². The van der Waals surface area contributed by atoms with Gasteiger partial charge in [0.2, 0.25) is 5.91 Å². The number of benzene rings is 2. The lowest BCUT2D eigenvalue weighted by Crippen LogP contribution is -2.52. The van der Waals surface area contributed by atoms with Crippen LogP contribution in [0.1, 0.15) is 39.8 Å². The van der Waals surface area contributed by atoms with E-state index in [1.807, 2.05) is 24.3 Å². The number of aromatic nitrogens is 1. The standard InChI is InChI=1S/C22H18BrFN2O3/c1-22(11-17(27)13-9-8-12(23)10-15(13)24)19-18(20(28)26(3)21(22)29)14-6-4-5-7-16(14)25(19)2/h4-10H,11H2,1-3H3. The van der Waals surface area contributed by atoms with Gasteiger partial charge in [-0.05, 0) is 31.2 Å². The van der Waals surface area contributed by atoms with E-state index < -0.39 is 28.8 Å². The molecule has 0 saturated heterocycles. The van der Waals surface area contributed by atoms with Gasteiger partial charge in [-0.2, -0.15) is 0 Å². The number of ketones is 1. The summed E-state index contributed by atoms with van der Waals surface area (Å²) in [7, 11) is 3.19. The molecule has 1 unspecified atom stereocenters. The zero-order valence-corrected chi connectivity index (χ0v) is 17.7. The van der Waals surface area contributed by atoms with Gasteiger partial charge >= 0.3 is 0 Å². The van der Waals surface area contributed by atoms with E-state index in [1.165, 1.54) is 19.2 Å². The topological polar surface area (TPSA) is 59.4 Å². The maximum Gasteiger partial charge on any atom is 0.262 e. The smallest absolute Gasteiger partial charge is 0.262 e. The van der Waals surface area contributed by atoms with Gasteiger partial charge in [0.15, 0.2) is 5.78 Å².